The van der Waals surface area contributed by atoms with Gasteiger partial charge in [0.2, 0.25) is 0 Å². The van der Waals surface area contributed by atoms with Crippen molar-refractivity contribution in [2.24, 2.45) is 0 Å². The van der Waals surface area contributed by atoms with E-state index in [1.165, 1.54) is 0 Å². The predicted octanol–water partition coefficient (Wildman–Crippen LogP) is 1.43. The highest BCUT2D eigenvalue weighted by Crippen LogP contribution is 2.17. The summed E-state index contributed by atoms with van der Waals surface area (Å²) in [5.41, 5.74) is 1.68. The second kappa shape index (κ2) is 7.01. The van der Waals surface area contributed by atoms with E-state index < -0.39 is 0 Å². The molecule has 1 aromatic carbocycles. The van der Waals surface area contributed by atoms with Gasteiger partial charge in [-0.15, -0.1) is 0 Å². The van der Waals surface area contributed by atoms with Crippen LogP contribution in [0.1, 0.15) is 16.8 Å². The van der Waals surface area contributed by atoms with Gasteiger partial charge < -0.3 is 15.1 Å². The molecule has 1 N–H and O–H groups in total. The molecule has 0 aliphatic carbocycles. The molecule has 0 aromatic heterocycles. The highest BCUT2D eigenvalue weighted by Gasteiger charge is 2.11. The first-order valence-electron chi connectivity index (χ1n) is 6.21. The van der Waals surface area contributed by atoms with Crippen LogP contribution < -0.4 is 10.2 Å². The van der Waals surface area contributed by atoms with Crippen molar-refractivity contribution in [2.45, 2.75) is 6.42 Å². The number of hydrogen-bond acceptors (Lipinski definition) is 3. The number of para-hydroxylation sites is 1. The lowest BCUT2D eigenvalue weighted by molar-refractivity contribution is 0.0953. The summed E-state index contributed by atoms with van der Waals surface area (Å²) in [6, 6.07) is 7.64. The molecular formula is C14H23N3O. The van der Waals surface area contributed by atoms with Crippen LogP contribution in [-0.4, -0.2) is 52.1 Å². The van der Waals surface area contributed by atoms with Gasteiger partial charge in [-0.2, -0.15) is 0 Å². The number of carbonyl (C=O) groups is 1. The summed E-state index contributed by atoms with van der Waals surface area (Å²) in [5, 5.41) is 2.96. The van der Waals surface area contributed by atoms with Crippen LogP contribution in [0.4, 0.5) is 5.69 Å². The van der Waals surface area contributed by atoms with Crippen molar-refractivity contribution >= 4 is 11.6 Å². The monoisotopic (exact) mass is 249 g/mol. The van der Waals surface area contributed by atoms with Crippen LogP contribution in [0.25, 0.3) is 0 Å². The lowest BCUT2D eigenvalue weighted by atomic mass is 10.1. The standard InChI is InChI=1S/C14H23N3O/c1-16(2)11-7-10-15-14(18)12-8-5-6-9-13(12)17(3)4/h5-6,8-9H,7,10-11H2,1-4H3,(H,15,18). The molecular weight excluding hydrogens is 226 g/mol. The summed E-state index contributed by atoms with van der Waals surface area (Å²) in [5.74, 6) is -0.00180. The first kappa shape index (κ1) is 14.5. The highest BCUT2D eigenvalue weighted by atomic mass is 16.1. The zero-order valence-corrected chi connectivity index (χ0v) is 11.7. The van der Waals surface area contributed by atoms with Gasteiger partial charge in [0.05, 0.1) is 5.56 Å². The van der Waals surface area contributed by atoms with E-state index in [0.717, 1.165) is 24.2 Å². The van der Waals surface area contributed by atoms with Crippen LogP contribution in [0, 0.1) is 0 Å². The molecule has 0 heterocycles. The van der Waals surface area contributed by atoms with Crippen LogP contribution in [0.15, 0.2) is 24.3 Å². The summed E-state index contributed by atoms with van der Waals surface area (Å²) in [4.78, 5) is 16.1. The Morgan fingerprint density at radius 1 is 1.17 bits per heavy atom. The zero-order chi connectivity index (χ0) is 13.5. The quantitative estimate of drug-likeness (QED) is 0.775. The molecule has 4 nitrogen and oxygen atoms in total. The van der Waals surface area contributed by atoms with Gasteiger partial charge in [0.25, 0.3) is 5.91 Å². The van der Waals surface area contributed by atoms with Crippen LogP contribution >= 0.6 is 0 Å². The third-order valence-corrected chi connectivity index (χ3v) is 2.70. The van der Waals surface area contributed by atoms with Crippen molar-refractivity contribution < 1.29 is 4.79 Å². The molecule has 18 heavy (non-hydrogen) atoms. The van der Waals surface area contributed by atoms with Gasteiger partial charge in [0, 0.05) is 26.3 Å². The summed E-state index contributed by atoms with van der Waals surface area (Å²) in [6.45, 7) is 1.69. The molecule has 0 spiro atoms. The van der Waals surface area contributed by atoms with Gasteiger partial charge in [0.15, 0.2) is 0 Å². The van der Waals surface area contributed by atoms with Crippen LogP contribution in [0.5, 0.6) is 0 Å². The summed E-state index contributed by atoms with van der Waals surface area (Å²) in [7, 11) is 7.95. The average molecular weight is 249 g/mol. The summed E-state index contributed by atoms with van der Waals surface area (Å²) >= 11 is 0. The largest absolute Gasteiger partial charge is 0.377 e. The SMILES string of the molecule is CN(C)CCCNC(=O)c1ccccc1N(C)C. The third-order valence-electron chi connectivity index (χ3n) is 2.70. The summed E-state index contributed by atoms with van der Waals surface area (Å²) in [6.07, 6.45) is 0.961. The maximum Gasteiger partial charge on any atom is 0.253 e. The van der Waals surface area contributed by atoms with Crippen LogP contribution in [-0.2, 0) is 0 Å². The van der Waals surface area contributed by atoms with E-state index in [1.54, 1.807) is 0 Å². The van der Waals surface area contributed by atoms with Gasteiger partial charge >= 0.3 is 0 Å². The third kappa shape index (κ3) is 4.37. The predicted molar refractivity (Wildman–Crippen MR) is 76.3 cm³/mol. The normalized spacial score (nSPS) is 10.5. The molecule has 0 aliphatic rings. The zero-order valence-electron chi connectivity index (χ0n) is 11.7. The van der Waals surface area contributed by atoms with Crippen molar-refractivity contribution in [2.75, 3.05) is 46.2 Å². The smallest absolute Gasteiger partial charge is 0.253 e. The molecule has 0 unspecified atom stereocenters. The number of amides is 1. The Morgan fingerprint density at radius 2 is 1.83 bits per heavy atom. The van der Waals surface area contributed by atoms with Crippen molar-refractivity contribution in [3.63, 3.8) is 0 Å². The number of anilines is 1. The Labute approximate surface area is 110 Å². The molecule has 0 bridgehead atoms. The fourth-order valence-electron chi connectivity index (χ4n) is 1.75. The summed E-state index contributed by atoms with van der Waals surface area (Å²) < 4.78 is 0. The Kier molecular flexibility index (Phi) is 5.65. The molecule has 1 amide bonds. The van der Waals surface area contributed by atoms with Crippen molar-refractivity contribution in [3.8, 4) is 0 Å². The molecule has 0 fully saturated rings. The molecule has 1 rings (SSSR count). The van der Waals surface area contributed by atoms with Crippen molar-refractivity contribution in [3.05, 3.63) is 29.8 Å². The molecule has 0 saturated heterocycles. The Balaban J connectivity index is 2.56. The maximum atomic E-state index is 12.1. The topological polar surface area (TPSA) is 35.6 Å². The second-order valence-corrected chi connectivity index (χ2v) is 4.82. The van der Waals surface area contributed by atoms with Gasteiger partial charge in [-0.3, -0.25) is 4.79 Å². The van der Waals surface area contributed by atoms with E-state index in [4.69, 9.17) is 0 Å². The lowest BCUT2D eigenvalue weighted by Crippen LogP contribution is -2.28. The fraction of sp³-hybridized carbons (Fsp3) is 0.500. The van der Waals surface area contributed by atoms with E-state index in [0.29, 0.717) is 6.54 Å². The minimum absolute atomic E-state index is 0.00180. The number of hydrogen-bond donors (Lipinski definition) is 1. The molecule has 100 valence electrons. The van der Waals surface area contributed by atoms with Crippen molar-refractivity contribution in [1.82, 2.24) is 10.2 Å². The maximum absolute atomic E-state index is 12.1. The minimum atomic E-state index is -0.00180. The Hall–Kier alpha value is -1.55. The van der Waals surface area contributed by atoms with E-state index in [9.17, 15) is 4.79 Å². The molecule has 1 aromatic rings. The van der Waals surface area contributed by atoms with Crippen molar-refractivity contribution in [1.29, 1.82) is 0 Å². The van der Waals surface area contributed by atoms with Gasteiger partial charge in [-0.1, -0.05) is 12.1 Å². The lowest BCUT2D eigenvalue weighted by Gasteiger charge is -2.17. The first-order valence-corrected chi connectivity index (χ1v) is 6.21. The number of carbonyl (C=O) groups excluding carboxylic acids is 1. The molecule has 0 saturated carbocycles. The van der Waals surface area contributed by atoms with E-state index >= 15 is 0 Å². The van der Waals surface area contributed by atoms with Crippen LogP contribution in [0.3, 0.4) is 0 Å². The van der Waals surface area contributed by atoms with Gasteiger partial charge in [-0.05, 0) is 39.2 Å². The first-order chi connectivity index (χ1) is 8.52. The molecule has 0 atom stereocenters. The molecule has 4 heteroatoms. The number of nitrogens with zero attached hydrogens (tertiary/aromatic N) is 2. The fourth-order valence-corrected chi connectivity index (χ4v) is 1.75. The van der Waals surface area contributed by atoms with E-state index in [1.807, 2.05) is 57.4 Å². The van der Waals surface area contributed by atoms with E-state index in [-0.39, 0.29) is 5.91 Å². The molecule has 0 aliphatic heterocycles. The second-order valence-electron chi connectivity index (χ2n) is 4.82. The van der Waals surface area contributed by atoms with Gasteiger partial charge in [-0.25, -0.2) is 0 Å². The molecule has 0 radical (unpaired) electrons. The van der Waals surface area contributed by atoms with E-state index in [2.05, 4.69) is 10.2 Å². The number of nitrogens with one attached hydrogen (secondary N) is 1. The Bertz CT molecular complexity index is 388. The minimum Gasteiger partial charge on any atom is -0.377 e. The number of rotatable bonds is 6. The highest BCUT2D eigenvalue weighted by molar-refractivity contribution is 5.99. The average Bonchev–Trinajstić information content (AvgIpc) is 2.34. The Morgan fingerprint density at radius 3 is 2.44 bits per heavy atom. The van der Waals surface area contributed by atoms with Gasteiger partial charge in [0.1, 0.15) is 0 Å². The number of benzene rings is 1. The van der Waals surface area contributed by atoms with Crippen LogP contribution in [0.2, 0.25) is 0 Å².